The van der Waals surface area contributed by atoms with E-state index < -0.39 is 0 Å². The largest absolute Gasteiger partial charge is 0.373 e. The van der Waals surface area contributed by atoms with Crippen LogP contribution in [0.25, 0.3) is 0 Å². The Labute approximate surface area is 112 Å². The molecule has 0 saturated carbocycles. The molecule has 1 heterocycles. The molecule has 0 radical (unpaired) electrons. The van der Waals surface area contributed by atoms with Gasteiger partial charge in [0, 0.05) is 24.7 Å². The van der Waals surface area contributed by atoms with Crippen LogP contribution in [0.5, 0.6) is 0 Å². The molecule has 0 aliphatic heterocycles. The molecule has 5 heteroatoms. The fraction of sp³-hybridized carbons (Fsp3) is 0.286. The first-order valence-corrected chi connectivity index (χ1v) is 6.18. The van der Waals surface area contributed by atoms with Crippen molar-refractivity contribution in [2.75, 3.05) is 17.7 Å². The molecule has 2 aromatic rings. The van der Waals surface area contributed by atoms with Gasteiger partial charge in [0.2, 0.25) is 0 Å². The van der Waals surface area contributed by atoms with Crippen LogP contribution in [0, 0.1) is 5.82 Å². The summed E-state index contributed by atoms with van der Waals surface area (Å²) in [6.07, 6.45) is 0. The Balaban J connectivity index is 2.31. The average Bonchev–Trinajstić information content (AvgIpc) is 2.38. The van der Waals surface area contributed by atoms with Gasteiger partial charge in [0.1, 0.15) is 23.3 Å². The molecule has 0 aliphatic rings. The fourth-order valence-electron chi connectivity index (χ4n) is 1.63. The third-order valence-corrected chi connectivity index (χ3v) is 2.61. The number of anilines is 3. The Morgan fingerprint density at radius 1 is 1.11 bits per heavy atom. The molecule has 1 aromatic heterocycles. The van der Waals surface area contributed by atoms with Crippen LogP contribution in [-0.4, -0.2) is 17.0 Å². The maximum atomic E-state index is 13.1. The molecule has 0 aliphatic carbocycles. The highest BCUT2D eigenvalue weighted by molar-refractivity contribution is 5.59. The first-order valence-electron chi connectivity index (χ1n) is 6.18. The number of aromatic nitrogens is 2. The Morgan fingerprint density at radius 3 is 2.47 bits per heavy atom. The molecule has 0 spiro atoms. The Kier molecular flexibility index (Phi) is 3.94. The van der Waals surface area contributed by atoms with Gasteiger partial charge in [-0.3, -0.25) is 0 Å². The van der Waals surface area contributed by atoms with E-state index in [-0.39, 0.29) is 11.7 Å². The number of halogens is 1. The zero-order chi connectivity index (χ0) is 13.8. The van der Waals surface area contributed by atoms with Gasteiger partial charge >= 0.3 is 0 Å². The van der Waals surface area contributed by atoms with Crippen molar-refractivity contribution in [3.63, 3.8) is 0 Å². The van der Waals surface area contributed by atoms with Crippen molar-refractivity contribution in [1.82, 2.24) is 9.97 Å². The van der Waals surface area contributed by atoms with Gasteiger partial charge < -0.3 is 10.6 Å². The molecule has 2 N–H and O–H groups in total. The summed E-state index contributed by atoms with van der Waals surface area (Å²) in [4.78, 5) is 8.80. The number of benzene rings is 1. The molecule has 1 aromatic carbocycles. The lowest BCUT2D eigenvalue weighted by atomic mass is 10.2. The van der Waals surface area contributed by atoms with E-state index in [1.165, 1.54) is 12.1 Å². The highest BCUT2D eigenvalue weighted by Gasteiger charge is 2.07. The van der Waals surface area contributed by atoms with Crippen LogP contribution in [0.15, 0.2) is 30.3 Å². The summed E-state index contributed by atoms with van der Waals surface area (Å²) in [6.45, 7) is 4.06. The van der Waals surface area contributed by atoms with Gasteiger partial charge in [0.15, 0.2) is 0 Å². The summed E-state index contributed by atoms with van der Waals surface area (Å²) in [5, 5.41) is 6.08. The average molecular weight is 260 g/mol. The molecule has 2 rings (SSSR count). The van der Waals surface area contributed by atoms with Crippen LogP contribution >= 0.6 is 0 Å². The van der Waals surface area contributed by atoms with Crippen molar-refractivity contribution in [2.24, 2.45) is 0 Å². The van der Waals surface area contributed by atoms with Gasteiger partial charge in [-0.25, -0.2) is 14.4 Å². The minimum Gasteiger partial charge on any atom is -0.373 e. The van der Waals surface area contributed by atoms with Crippen LogP contribution in [0.3, 0.4) is 0 Å². The predicted octanol–water partition coefficient (Wildman–Crippen LogP) is 3.52. The first-order chi connectivity index (χ1) is 9.08. The number of nitrogens with one attached hydrogen (secondary N) is 2. The van der Waals surface area contributed by atoms with Crippen molar-refractivity contribution in [2.45, 2.75) is 19.8 Å². The minimum absolute atomic E-state index is 0.223. The van der Waals surface area contributed by atoms with E-state index in [1.807, 2.05) is 13.8 Å². The number of rotatable bonds is 4. The van der Waals surface area contributed by atoms with E-state index >= 15 is 0 Å². The van der Waals surface area contributed by atoms with E-state index in [9.17, 15) is 4.39 Å². The lowest BCUT2D eigenvalue weighted by Gasteiger charge is -2.11. The van der Waals surface area contributed by atoms with Crippen molar-refractivity contribution >= 4 is 17.3 Å². The van der Waals surface area contributed by atoms with Crippen molar-refractivity contribution in [3.8, 4) is 0 Å². The number of nitrogens with zero attached hydrogens (tertiary/aromatic N) is 2. The van der Waals surface area contributed by atoms with Crippen LogP contribution in [0.1, 0.15) is 25.6 Å². The molecule has 4 nitrogen and oxygen atoms in total. The molecule has 0 amide bonds. The van der Waals surface area contributed by atoms with Gasteiger partial charge in [0.05, 0.1) is 0 Å². The molecule has 0 atom stereocenters. The molecule has 0 fully saturated rings. The van der Waals surface area contributed by atoms with Crippen LogP contribution in [-0.2, 0) is 0 Å². The molecule has 0 saturated heterocycles. The monoisotopic (exact) mass is 260 g/mol. The van der Waals surface area contributed by atoms with Gasteiger partial charge in [0.25, 0.3) is 0 Å². The normalized spacial score (nSPS) is 10.6. The maximum absolute atomic E-state index is 13.1. The second kappa shape index (κ2) is 5.65. The summed E-state index contributed by atoms with van der Waals surface area (Å²) in [5.74, 6) is 2.07. The molecular formula is C14H17FN4. The summed E-state index contributed by atoms with van der Waals surface area (Å²) >= 11 is 0. The summed E-state index contributed by atoms with van der Waals surface area (Å²) in [7, 11) is 1.80. The highest BCUT2D eigenvalue weighted by atomic mass is 19.1. The third kappa shape index (κ3) is 3.40. The summed E-state index contributed by atoms with van der Waals surface area (Å²) < 4.78 is 13.1. The molecule has 0 bridgehead atoms. The van der Waals surface area contributed by atoms with E-state index in [0.717, 1.165) is 11.6 Å². The van der Waals surface area contributed by atoms with E-state index in [2.05, 4.69) is 20.6 Å². The molecule has 19 heavy (non-hydrogen) atoms. The zero-order valence-corrected chi connectivity index (χ0v) is 11.2. The Bertz CT molecular complexity index is 569. The standard InChI is InChI=1S/C14H17FN4/c1-9(2)14-18-12(16-3)8-13(19-14)17-11-6-4-5-10(15)7-11/h4-9H,1-3H3,(H2,16,17,18,19). The van der Waals surface area contributed by atoms with Crippen LogP contribution in [0.2, 0.25) is 0 Å². The SMILES string of the molecule is CNc1cc(Nc2cccc(F)c2)nc(C(C)C)n1. The minimum atomic E-state index is -0.281. The highest BCUT2D eigenvalue weighted by Crippen LogP contribution is 2.20. The second-order valence-electron chi connectivity index (χ2n) is 4.54. The van der Waals surface area contributed by atoms with Crippen molar-refractivity contribution in [3.05, 3.63) is 42.0 Å². The Morgan fingerprint density at radius 2 is 1.84 bits per heavy atom. The zero-order valence-electron chi connectivity index (χ0n) is 11.2. The van der Waals surface area contributed by atoms with Gasteiger partial charge in [-0.15, -0.1) is 0 Å². The van der Waals surface area contributed by atoms with Gasteiger partial charge in [-0.1, -0.05) is 19.9 Å². The number of hydrogen-bond donors (Lipinski definition) is 2. The van der Waals surface area contributed by atoms with E-state index in [4.69, 9.17) is 0 Å². The third-order valence-electron chi connectivity index (χ3n) is 2.61. The quantitative estimate of drug-likeness (QED) is 0.883. The smallest absolute Gasteiger partial charge is 0.136 e. The van der Waals surface area contributed by atoms with Crippen LogP contribution in [0.4, 0.5) is 21.7 Å². The van der Waals surface area contributed by atoms with Crippen LogP contribution < -0.4 is 10.6 Å². The lowest BCUT2D eigenvalue weighted by Crippen LogP contribution is -2.05. The van der Waals surface area contributed by atoms with Crippen molar-refractivity contribution < 1.29 is 4.39 Å². The Hall–Kier alpha value is -2.17. The second-order valence-corrected chi connectivity index (χ2v) is 4.54. The summed E-state index contributed by atoms with van der Waals surface area (Å²) in [5.41, 5.74) is 0.662. The van der Waals surface area contributed by atoms with Gasteiger partial charge in [-0.2, -0.15) is 0 Å². The fourth-order valence-corrected chi connectivity index (χ4v) is 1.63. The topological polar surface area (TPSA) is 49.8 Å². The van der Waals surface area contributed by atoms with E-state index in [0.29, 0.717) is 11.5 Å². The number of hydrogen-bond acceptors (Lipinski definition) is 4. The summed E-state index contributed by atoms with van der Waals surface area (Å²) in [6, 6.07) is 8.07. The van der Waals surface area contributed by atoms with E-state index in [1.54, 1.807) is 25.2 Å². The van der Waals surface area contributed by atoms with Crippen molar-refractivity contribution in [1.29, 1.82) is 0 Å². The molecular weight excluding hydrogens is 243 g/mol. The molecule has 0 unspecified atom stereocenters. The lowest BCUT2D eigenvalue weighted by molar-refractivity contribution is 0.628. The predicted molar refractivity (Wildman–Crippen MR) is 75.4 cm³/mol. The molecule has 100 valence electrons. The van der Waals surface area contributed by atoms with Gasteiger partial charge in [-0.05, 0) is 18.2 Å². The first kappa shape index (κ1) is 13.3. The maximum Gasteiger partial charge on any atom is 0.136 e.